The second-order valence-corrected chi connectivity index (χ2v) is 9.77. The van der Waals surface area contributed by atoms with E-state index in [1.54, 1.807) is 4.90 Å². The molecule has 6 heteroatoms. The number of fused-ring (bicyclic) bond motifs is 1. The molecule has 1 fully saturated rings. The number of hydrogen-bond donors (Lipinski definition) is 0. The van der Waals surface area contributed by atoms with Crippen LogP contribution in [-0.2, 0) is 16.1 Å². The first kappa shape index (κ1) is 21.0. The first-order valence-corrected chi connectivity index (χ1v) is 11.2. The second-order valence-electron chi connectivity index (χ2n) is 9.36. The molecule has 160 valence electrons. The maximum absolute atomic E-state index is 13.6. The zero-order valence-corrected chi connectivity index (χ0v) is 18.7. The van der Waals surface area contributed by atoms with Crippen LogP contribution in [0.2, 0.25) is 5.02 Å². The summed E-state index contributed by atoms with van der Waals surface area (Å²) in [6, 6.07) is 11.5. The van der Waals surface area contributed by atoms with Gasteiger partial charge in [0.2, 0.25) is 11.8 Å². The highest BCUT2D eigenvalue weighted by Gasteiger charge is 2.39. The Labute approximate surface area is 183 Å². The Morgan fingerprint density at radius 3 is 2.47 bits per heavy atom. The molecule has 1 aromatic heterocycles. The number of nitrogens with zero attached hydrogens (tertiary/aromatic N) is 3. The SMILES string of the molecule is CC(C)(C)N(CC(=O)N1CCn2cccc2C1c1ccccc1Cl)C(=O)C1CCC1. The van der Waals surface area contributed by atoms with Gasteiger partial charge in [-0.3, -0.25) is 9.59 Å². The normalized spacial score (nSPS) is 19.2. The first-order valence-electron chi connectivity index (χ1n) is 10.8. The maximum Gasteiger partial charge on any atom is 0.243 e. The van der Waals surface area contributed by atoms with E-state index in [0.29, 0.717) is 11.6 Å². The molecule has 0 spiro atoms. The number of hydrogen-bond acceptors (Lipinski definition) is 2. The summed E-state index contributed by atoms with van der Waals surface area (Å²) >= 11 is 6.55. The molecule has 5 nitrogen and oxygen atoms in total. The lowest BCUT2D eigenvalue weighted by Crippen LogP contribution is -2.55. The van der Waals surface area contributed by atoms with Crippen molar-refractivity contribution >= 4 is 23.4 Å². The second kappa shape index (κ2) is 8.10. The van der Waals surface area contributed by atoms with E-state index < -0.39 is 5.54 Å². The Bertz CT molecular complexity index is 942. The minimum atomic E-state index is -0.405. The fourth-order valence-corrected chi connectivity index (χ4v) is 4.66. The van der Waals surface area contributed by atoms with Crippen molar-refractivity contribution in [1.29, 1.82) is 0 Å². The van der Waals surface area contributed by atoms with Gasteiger partial charge in [-0.1, -0.05) is 36.2 Å². The lowest BCUT2D eigenvalue weighted by molar-refractivity contribution is -0.150. The van der Waals surface area contributed by atoms with Crippen molar-refractivity contribution < 1.29 is 9.59 Å². The van der Waals surface area contributed by atoms with Gasteiger partial charge in [0, 0.05) is 41.5 Å². The predicted molar refractivity (Wildman–Crippen MR) is 118 cm³/mol. The topological polar surface area (TPSA) is 45.6 Å². The Kier molecular flexibility index (Phi) is 5.67. The molecule has 2 heterocycles. The van der Waals surface area contributed by atoms with E-state index in [2.05, 4.69) is 10.6 Å². The summed E-state index contributed by atoms with van der Waals surface area (Å²) in [7, 11) is 0. The molecule has 0 saturated heterocycles. The summed E-state index contributed by atoms with van der Waals surface area (Å²) < 4.78 is 2.18. The molecule has 1 aliphatic heterocycles. The van der Waals surface area contributed by atoms with Crippen molar-refractivity contribution in [2.75, 3.05) is 13.1 Å². The molecule has 1 aromatic carbocycles. The van der Waals surface area contributed by atoms with Crippen molar-refractivity contribution in [3.8, 4) is 0 Å². The standard InChI is InChI=1S/C24H30ClN3O2/c1-24(2,3)28(23(30)17-8-6-9-17)16-21(29)27-15-14-26-13-7-12-20(26)22(27)18-10-4-5-11-19(18)25/h4-5,7,10-13,17,22H,6,8-9,14-16H2,1-3H3. The molecule has 1 aliphatic carbocycles. The minimum absolute atomic E-state index is 0.0324. The summed E-state index contributed by atoms with van der Waals surface area (Å²) in [6.45, 7) is 7.44. The predicted octanol–water partition coefficient (Wildman–Crippen LogP) is 4.50. The Hall–Kier alpha value is -2.27. The summed E-state index contributed by atoms with van der Waals surface area (Å²) in [4.78, 5) is 30.3. The molecule has 2 aromatic rings. The summed E-state index contributed by atoms with van der Waals surface area (Å²) in [5.41, 5.74) is 1.56. The van der Waals surface area contributed by atoms with Gasteiger partial charge in [0.25, 0.3) is 0 Å². The van der Waals surface area contributed by atoms with Crippen LogP contribution in [0.1, 0.15) is 57.3 Å². The van der Waals surface area contributed by atoms with Gasteiger partial charge in [-0.05, 0) is 57.4 Å². The van der Waals surface area contributed by atoms with E-state index in [-0.39, 0.29) is 30.3 Å². The van der Waals surface area contributed by atoms with Gasteiger partial charge in [0.15, 0.2) is 0 Å². The number of rotatable bonds is 4. The van der Waals surface area contributed by atoms with E-state index in [0.717, 1.165) is 37.1 Å². The van der Waals surface area contributed by atoms with Crippen molar-refractivity contribution in [2.24, 2.45) is 5.92 Å². The Morgan fingerprint density at radius 2 is 1.83 bits per heavy atom. The van der Waals surface area contributed by atoms with Crippen LogP contribution in [0.15, 0.2) is 42.6 Å². The summed E-state index contributed by atoms with van der Waals surface area (Å²) in [6.07, 6.45) is 5.00. The molecular formula is C24H30ClN3O2. The molecule has 0 bridgehead atoms. The van der Waals surface area contributed by atoms with Crippen LogP contribution in [-0.4, -0.2) is 44.8 Å². The van der Waals surface area contributed by atoms with E-state index in [1.807, 2.05) is 62.2 Å². The van der Waals surface area contributed by atoms with Crippen LogP contribution in [0.3, 0.4) is 0 Å². The van der Waals surface area contributed by atoms with Crippen LogP contribution < -0.4 is 0 Å². The fraction of sp³-hybridized carbons (Fsp3) is 0.500. The third kappa shape index (κ3) is 3.87. The maximum atomic E-state index is 13.6. The third-order valence-corrected chi connectivity index (χ3v) is 6.73. The number of amides is 2. The first-order chi connectivity index (χ1) is 14.3. The molecule has 2 aliphatic rings. The van der Waals surface area contributed by atoms with Gasteiger partial charge < -0.3 is 14.4 Å². The Balaban J connectivity index is 1.64. The number of aromatic nitrogens is 1. The smallest absolute Gasteiger partial charge is 0.243 e. The number of halogens is 1. The van der Waals surface area contributed by atoms with Crippen molar-refractivity contribution in [1.82, 2.24) is 14.4 Å². The summed E-state index contributed by atoms with van der Waals surface area (Å²) in [5, 5.41) is 0.646. The summed E-state index contributed by atoms with van der Waals surface area (Å²) in [5.74, 6) is 0.140. The highest BCUT2D eigenvalue weighted by atomic mass is 35.5. The lowest BCUT2D eigenvalue weighted by Gasteiger charge is -2.43. The molecule has 1 unspecified atom stereocenters. The average Bonchev–Trinajstić information content (AvgIpc) is 3.12. The van der Waals surface area contributed by atoms with Crippen LogP contribution in [0.5, 0.6) is 0 Å². The monoisotopic (exact) mass is 427 g/mol. The zero-order valence-electron chi connectivity index (χ0n) is 18.0. The van der Waals surface area contributed by atoms with Crippen LogP contribution in [0.25, 0.3) is 0 Å². The van der Waals surface area contributed by atoms with Gasteiger partial charge in [-0.2, -0.15) is 0 Å². The van der Waals surface area contributed by atoms with Crippen LogP contribution in [0.4, 0.5) is 0 Å². The van der Waals surface area contributed by atoms with Gasteiger partial charge in [-0.15, -0.1) is 0 Å². The largest absolute Gasteiger partial charge is 0.348 e. The van der Waals surface area contributed by atoms with E-state index in [4.69, 9.17) is 11.6 Å². The lowest BCUT2D eigenvalue weighted by atomic mass is 9.83. The number of carbonyl (C=O) groups excluding carboxylic acids is 2. The highest BCUT2D eigenvalue weighted by Crippen LogP contribution is 2.37. The third-order valence-electron chi connectivity index (χ3n) is 6.38. The van der Waals surface area contributed by atoms with E-state index in [9.17, 15) is 9.59 Å². The highest BCUT2D eigenvalue weighted by molar-refractivity contribution is 6.31. The molecule has 2 amide bonds. The Morgan fingerprint density at radius 1 is 1.10 bits per heavy atom. The quantitative estimate of drug-likeness (QED) is 0.721. The van der Waals surface area contributed by atoms with E-state index in [1.165, 1.54) is 0 Å². The van der Waals surface area contributed by atoms with Gasteiger partial charge in [-0.25, -0.2) is 0 Å². The molecular weight excluding hydrogens is 398 g/mol. The molecule has 0 radical (unpaired) electrons. The number of benzene rings is 1. The fourth-order valence-electron chi connectivity index (χ4n) is 4.42. The van der Waals surface area contributed by atoms with E-state index >= 15 is 0 Å². The molecule has 0 N–H and O–H groups in total. The molecule has 1 atom stereocenters. The molecule has 1 saturated carbocycles. The zero-order chi connectivity index (χ0) is 21.5. The van der Waals surface area contributed by atoms with Gasteiger partial charge in [0.05, 0.1) is 6.04 Å². The van der Waals surface area contributed by atoms with Crippen molar-refractivity contribution in [2.45, 2.75) is 58.2 Å². The minimum Gasteiger partial charge on any atom is -0.348 e. The molecule has 30 heavy (non-hydrogen) atoms. The van der Waals surface area contributed by atoms with Crippen molar-refractivity contribution in [3.05, 3.63) is 58.9 Å². The molecule has 4 rings (SSSR count). The van der Waals surface area contributed by atoms with Gasteiger partial charge >= 0.3 is 0 Å². The van der Waals surface area contributed by atoms with Gasteiger partial charge in [0.1, 0.15) is 6.54 Å². The number of carbonyl (C=O) groups is 2. The van der Waals surface area contributed by atoms with Crippen molar-refractivity contribution in [3.63, 3.8) is 0 Å². The van der Waals surface area contributed by atoms with Crippen LogP contribution >= 0.6 is 11.6 Å². The average molecular weight is 428 g/mol. The van der Waals surface area contributed by atoms with Crippen LogP contribution in [0, 0.1) is 5.92 Å².